The molecule has 0 radical (unpaired) electrons. The molecule has 0 unspecified atom stereocenters. The summed E-state index contributed by atoms with van der Waals surface area (Å²) in [5.41, 5.74) is 0.829. The highest BCUT2D eigenvalue weighted by atomic mass is 19.1. The number of halogens is 1. The summed E-state index contributed by atoms with van der Waals surface area (Å²) in [5, 5.41) is 3.00. The van der Waals surface area contributed by atoms with E-state index in [2.05, 4.69) is 5.32 Å². The van der Waals surface area contributed by atoms with Crippen LogP contribution >= 0.6 is 0 Å². The number of rotatable bonds is 6. The number of likely N-dealkylation sites (tertiary alicyclic amines) is 1. The SMILES string of the molecule is CC(C)C(=O)N1CCC[C@H](C(=O)NC[C@@H](c2cccc(F)c2)N(C)C)C1. The Bertz CT molecular complexity index is 633. The van der Waals surface area contributed by atoms with Gasteiger partial charge < -0.3 is 15.1 Å². The summed E-state index contributed by atoms with van der Waals surface area (Å²) in [6.07, 6.45) is 1.64. The molecule has 0 saturated carbocycles. The lowest BCUT2D eigenvalue weighted by Crippen LogP contribution is -2.47. The van der Waals surface area contributed by atoms with E-state index >= 15 is 0 Å². The van der Waals surface area contributed by atoms with Gasteiger partial charge in [-0.05, 0) is 44.6 Å². The minimum Gasteiger partial charge on any atom is -0.354 e. The van der Waals surface area contributed by atoms with E-state index in [-0.39, 0.29) is 35.5 Å². The quantitative estimate of drug-likeness (QED) is 0.845. The lowest BCUT2D eigenvalue weighted by atomic mass is 9.95. The van der Waals surface area contributed by atoms with E-state index < -0.39 is 0 Å². The Morgan fingerprint density at radius 1 is 1.35 bits per heavy atom. The monoisotopic (exact) mass is 363 g/mol. The minimum atomic E-state index is -0.282. The first-order valence-corrected chi connectivity index (χ1v) is 9.28. The number of piperidine rings is 1. The molecular weight excluding hydrogens is 333 g/mol. The van der Waals surface area contributed by atoms with Crippen LogP contribution in [-0.4, -0.2) is 55.3 Å². The molecule has 1 aliphatic heterocycles. The van der Waals surface area contributed by atoms with Crippen molar-refractivity contribution in [3.8, 4) is 0 Å². The van der Waals surface area contributed by atoms with Crippen LogP contribution in [0.3, 0.4) is 0 Å². The molecule has 2 amide bonds. The fourth-order valence-electron chi connectivity index (χ4n) is 3.41. The average molecular weight is 363 g/mol. The molecule has 1 fully saturated rings. The van der Waals surface area contributed by atoms with Gasteiger partial charge in [-0.25, -0.2) is 4.39 Å². The van der Waals surface area contributed by atoms with E-state index in [0.29, 0.717) is 13.1 Å². The minimum absolute atomic E-state index is 0.0329. The van der Waals surface area contributed by atoms with Crippen molar-refractivity contribution < 1.29 is 14.0 Å². The van der Waals surface area contributed by atoms with Crippen molar-refractivity contribution in [2.24, 2.45) is 11.8 Å². The van der Waals surface area contributed by atoms with Crippen LogP contribution in [0.25, 0.3) is 0 Å². The molecule has 0 spiro atoms. The molecule has 5 nitrogen and oxygen atoms in total. The Balaban J connectivity index is 1.96. The summed E-state index contributed by atoms with van der Waals surface area (Å²) < 4.78 is 13.5. The van der Waals surface area contributed by atoms with Gasteiger partial charge in [0.2, 0.25) is 11.8 Å². The molecule has 2 atom stereocenters. The molecular formula is C20H30FN3O2. The Kier molecular flexibility index (Phi) is 7.14. The first-order chi connectivity index (χ1) is 12.3. The van der Waals surface area contributed by atoms with Crippen LogP contribution < -0.4 is 5.32 Å². The second-order valence-electron chi connectivity index (χ2n) is 7.56. The second-order valence-corrected chi connectivity index (χ2v) is 7.56. The van der Waals surface area contributed by atoms with E-state index in [0.717, 1.165) is 24.9 Å². The highest BCUT2D eigenvalue weighted by Gasteiger charge is 2.29. The lowest BCUT2D eigenvalue weighted by molar-refractivity contribution is -0.138. The third kappa shape index (κ3) is 5.27. The zero-order chi connectivity index (χ0) is 19.3. The van der Waals surface area contributed by atoms with E-state index in [4.69, 9.17) is 0 Å². The fraction of sp³-hybridized carbons (Fsp3) is 0.600. The van der Waals surface area contributed by atoms with E-state index in [1.807, 2.05) is 38.9 Å². The van der Waals surface area contributed by atoms with Crippen molar-refractivity contribution in [2.75, 3.05) is 33.7 Å². The molecule has 1 heterocycles. The molecule has 1 aromatic carbocycles. The van der Waals surface area contributed by atoms with Gasteiger partial charge in [-0.1, -0.05) is 26.0 Å². The summed E-state index contributed by atoms with van der Waals surface area (Å²) in [4.78, 5) is 28.6. The van der Waals surface area contributed by atoms with Gasteiger partial charge in [-0.2, -0.15) is 0 Å². The zero-order valence-electron chi connectivity index (χ0n) is 16.2. The summed E-state index contributed by atoms with van der Waals surface area (Å²) in [5.74, 6) is -0.441. The Labute approximate surface area is 155 Å². The first-order valence-electron chi connectivity index (χ1n) is 9.28. The van der Waals surface area contributed by atoms with Gasteiger partial charge in [0, 0.05) is 25.6 Å². The molecule has 1 saturated heterocycles. The molecule has 0 bridgehead atoms. The van der Waals surface area contributed by atoms with Crippen LogP contribution in [-0.2, 0) is 9.59 Å². The average Bonchev–Trinajstić information content (AvgIpc) is 2.61. The number of amides is 2. The normalized spacial score (nSPS) is 18.9. The van der Waals surface area contributed by atoms with Crippen LogP contribution in [0.4, 0.5) is 4.39 Å². The first kappa shape index (κ1) is 20.4. The summed E-state index contributed by atoms with van der Waals surface area (Å²) >= 11 is 0. The molecule has 1 N–H and O–H groups in total. The number of benzene rings is 1. The maximum atomic E-state index is 13.5. The van der Waals surface area contributed by atoms with Crippen molar-refractivity contribution in [1.82, 2.24) is 15.1 Å². The second kappa shape index (κ2) is 9.12. The van der Waals surface area contributed by atoms with Crippen LogP contribution in [0.5, 0.6) is 0 Å². The van der Waals surface area contributed by atoms with Gasteiger partial charge in [-0.3, -0.25) is 9.59 Å². The topological polar surface area (TPSA) is 52.7 Å². The van der Waals surface area contributed by atoms with Gasteiger partial charge in [-0.15, -0.1) is 0 Å². The number of carbonyl (C=O) groups excluding carboxylic acids is 2. The largest absolute Gasteiger partial charge is 0.354 e. The van der Waals surface area contributed by atoms with Gasteiger partial charge in [0.15, 0.2) is 0 Å². The molecule has 1 aromatic rings. The van der Waals surface area contributed by atoms with Gasteiger partial charge in [0.25, 0.3) is 0 Å². The third-order valence-corrected chi connectivity index (χ3v) is 4.92. The van der Waals surface area contributed by atoms with Crippen LogP contribution in [0.1, 0.15) is 38.3 Å². The summed E-state index contributed by atoms with van der Waals surface area (Å²) in [6, 6.07) is 6.35. The molecule has 26 heavy (non-hydrogen) atoms. The standard InChI is InChI=1S/C20H30FN3O2/c1-14(2)20(26)24-10-6-8-16(13-24)19(25)22-12-18(23(3)4)15-7-5-9-17(21)11-15/h5,7,9,11,14,16,18H,6,8,10,12-13H2,1-4H3,(H,22,25)/t16-,18-/m0/s1. The van der Waals surface area contributed by atoms with Crippen LogP contribution in [0, 0.1) is 17.7 Å². The van der Waals surface area contributed by atoms with Gasteiger partial charge in [0.05, 0.1) is 12.0 Å². The van der Waals surface area contributed by atoms with Crippen molar-refractivity contribution in [2.45, 2.75) is 32.7 Å². The van der Waals surface area contributed by atoms with E-state index in [1.165, 1.54) is 12.1 Å². The zero-order valence-corrected chi connectivity index (χ0v) is 16.2. The fourth-order valence-corrected chi connectivity index (χ4v) is 3.41. The van der Waals surface area contributed by atoms with Crippen LogP contribution in [0.15, 0.2) is 24.3 Å². The highest BCUT2D eigenvalue weighted by molar-refractivity contribution is 5.82. The number of hydrogen-bond acceptors (Lipinski definition) is 3. The van der Waals surface area contributed by atoms with Gasteiger partial charge >= 0.3 is 0 Å². The Morgan fingerprint density at radius 2 is 2.08 bits per heavy atom. The number of nitrogens with one attached hydrogen (secondary N) is 1. The predicted octanol–water partition coefficient (Wildman–Crippen LogP) is 2.44. The molecule has 1 aliphatic rings. The van der Waals surface area contributed by atoms with Crippen LogP contribution in [0.2, 0.25) is 0 Å². The van der Waals surface area contributed by atoms with Crippen molar-refractivity contribution in [1.29, 1.82) is 0 Å². The third-order valence-electron chi connectivity index (χ3n) is 4.92. The van der Waals surface area contributed by atoms with Crippen molar-refractivity contribution in [3.63, 3.8) is 0 Å². The number of nitrogens with zero attached hydrogens (tertiary/aromatic N) is 2. The summed E-state index contributed by atoms with van der Waals surface area (Å²) in [7, 11) is 3.82. The molecule has 0 aromatic heterocycles. The smallest absolute Gasteiger partial charge is 0.225 e. The van der Waals surface area contributed by atoms with E-state index in [1.54, 1.807) is 11.0 Å². The maximum Gasteiger partial charge on any atom is 0.225 e. The molecule has 6 heteroatoms. The number of hydrogen-bond donors (Lipinski definition) is 1. The number of carbonyl (C=O) groups is 2. The molecule has 0 aliphatic carbocycles. The Morgan fingerprint density at radius 3 is 2.69 bits per heavy atom. The highest BCUT2D eigenvalue weighted by Crippen LogP contribution is 2.21. The molecule has 2 rings (SSSR count). The predicted molar refractivity (Wildman–Crippen MR) is 100.0 cm³/mol. The summed E-state index contributed by atoms with van der Waals surface area (Å²) in [6.45, 7) is 5.38. The van der Waals surface area contributed by atoms with Gasteiger partial charge in [0.1, 0.15) is 5.82 Å². The Hall–Kier alpha value is -1.95. The molecule has 144 valence electrons. The van der Waals surface area contributed by atoms with Crippen molar-refractivity contribution in [3.05, 3.63) is 35.6 Å². The number of likely N-dealkylation sites (N-methyl/N-ethyl adjacent to an activating group) is 1. The lowest BCUT2D eigenvalue weighted by Gasteiger charge is -2.33. The maximum absolute atomic E-state index is 13.5. The van der Waals surface area contributed by atoms with Crippen molar-refractivity contribution >= 4 is 11.8 Å². The van der Waals surface area contributed by atoms with E-state index in [9.17, 15) is 14.0 Å².